The molecule has 76 valence electrons. The van der Waals surface area contributed by atoms with Crippen LogP contribution in [0, 0.1) is 13.8 Å². The smallest absolute Gasteiger partial charge is 0.274 e. The maximum absolute atomic E-state index is 11.6. The van der Waals surface area contributed by atoms with Gasteiger partial charge in [0.25, 0.3) is 5.56 Å². The second-order valence-corrected chi connectivity index (χ2v) is 3.53. The number of nitrogens with zero attached hydrogens (tertiary/aromatic N) is 1. The summed E-state index contributed by atoms with van der Waals surface area (Å²) in [5.74, 6) is 0. The highest BCUT2D eigenvalue weighted by molar-refractivity contribution is 5.66. The summed E-state index contributed by atoms with van der Waals surface area (Å²) in [5, 5.41) is 0. The van der Waals surface area contributed by atoms with Gasteiger partial charge in [-0.3, -0.25) is 4.79 Å². The van der Waals surface area contributed by atoms with Crippen LogP contribution in [0.2, 0.25) is 0 Å². The molecule has 0 spiro atoms. The highest BCUT2D eigenvalue weighted by Crippen LogP contribution is 2.21. The lowest BCUT2D eigenvalue weighted by Gasteiger charge is -2.07. The predicted molar refractivity (Wildman–Crippen MR) is 59.8 cm³/mol. The van der Waals surface area contributed by atoms with E-state index in [1.54, 1.807) is 12.4 Å². The van der Waals surface area contributed by atoms with Crippen LogP contribution in [-0.2, 0) is 0 Å². The van der Waals surface area contributed by atoms with E-state index in [0.717, 1.165) is 16.7 Å². The van der Waals surface area contributed by atoms with Crippen LogP contribution in [0.3, 0.4) is 0 Å². The fourth-order valence-electron chi connectivity index (χ4n) is 1.72. The van der Waals surface area contributed by atoms with Gasteiger partial charge in [0, 0.05) is 18.0 Å². The number of hydrogen-bond acceptors (Lipinski definition) is 2. The molecule has 0 unspecified atom stereocenters. The Hall–Kier alpha value is -1.90. The molecule has 1 aromatic carbocycles. The Labute approximate surface area is 87.8 Å². The molecule has 1 aromatic heterocycles. The van der Waals surface area contributed by atoms with Gasteiger partial charge in [0.05, 0.1) is 0 Å². The molecule has 2 rings (SSSR count). The zero-order valence-electron chi connectivity index (χ0n) is 8.74. The molecule has 3 heteroatoms. The van der Waals surface area contributed by atoms with E-state index in [1.807, 2.05) is 32.0 Å². The van der Waals surface area contributed by atoms with Crippen molar-refractivity contribution in [3.05, 3.63) is 52.1 Å². The van der Waals surface area contributed by atoms with E-state index in [0.29, 0.717) is 5.69 Å². The van der Waals surface area contributed by atoms with Crippen molar-refractivity contribution in [1.82, 2.24) is 9.97 Å². The summed E-state index contributed by atoms with van der Waals surface area (Å²) >= 11 is 0. The molecule has 15 heavy (non-hydrogen) atoms. The standard InChI is InChI=1S/C12H12N2O/c1-8-4-3-5-9(2)10(8)11-12(15)14-7-6-13-11/h3-7H,1-2H3,(H,14,15). The van der Waals surface area contributed by atoms with E-state index in [4.69, 9.17) is 0 Å². The van der Waals surface area contributed by atoms with E-state index < -0.39 is 0 Å². The van der Waals surface area contributed by atoms with Crippen LogP contribution in [0.1, 0.15) is 11.1 Å². The molecule has 0 fully saturated rings. The van der Waals surface area contributed by atoms with Gasteiger partial charge in [-0.2, -0.15) is 0 Å². The van der Waals surface area contributed by atoms with Crippen molar-refractivity contribution < 1.29 is 0 Å². The van der Waals surface area contributed by atoms with E-state index >= 15 is 0 Å². The normalized spacial score (nSPS) is 10.3. The quantitative estimate of drug-likeness (QED) is 0.765. The van der Waals surface area contributed by atoms with E-state index in [1.165, 1.54) is 0 Å². The number of aromatic nitrogens is 2. The number of rotatable bonds is 1. The van der Waals surface area contributed by atoms with Crippen molar-refractivity contribution in [3.8, 4) is 11.3 Å². The van der Waals surface area contributed by atoms with E-state index in [9.17, 15) is 4.79 Å². The number of hydrogen-bond donors (Lipinski definition) is 1. The maximum Gasteiger partial charge on any atom is 0.274 e. The third-order valence-corrected chi connectivity index (χ3v) is 2.43. The summed E-state index contributed by atoms with van der Waals surface area (Å²) in [6.45, 7) is 3.97. The summed E-state index contributed by atoms with van der Waals surface area (Å²) in [6, 6.07) is 5.94. The van der Waals surface area contributed by atoms with Crippen molar-refractivity contribution in [2.45, 2.75) is 13.8 Å². The molecule has 0 bridgehead atoms. The van der Waals surface area contributed by atoms with Gasteiger partial charge in [0.15, 0.2) is 0 Å². The van der Waals surface area contributed by atoms with Crippen molar-refractivity contribution in [2.24, 2.45) is 0 Å². The minimum atomic E-state index is -0.144. The Bertz CT molecular complexity index is 523. The molecule has 0 aliphatic heterocycles. The minimum absolute atomic E-state index is 0.144. The largest absolute Gasteiger partial charge is 0.326 e. The number of H-pyrrole nitrogens is 1. The first-order chi connectivity index (χ1) is 7.20. The number of aryl methyl sites for hydroxylation is 2. The highest BCUT2D eigenvalue weighted by Gasteiger charge is 2.09. The van der Waals surface area contributed by atoms with Crippen molar-refractivity contribution in [3.63, 3.8) is 0 Å². The Morgan fingerprint density at radius 3 is 2.47 bits per heavy atom. The molecule has 0 saturated heterocycles. The molecule has 1 N–H and O–H groups in total. The van der Waals surface area contributed by atoms with Crippen LogP contribution in [0.5, 0.6) is 0 Å². The van der Waals surface area contributed by atoms with Gasteiger partial charge < -0.3 is 4.98 Å². The first kappa shape index (κ1) is 9.65. The molecule has 0 amide bonds. The van der Waals surface area contributed by atoms with E-state index in [-0.39, 0.29) is 5.56 Å². The van der Waals surface area contributed by atoms with Crippen molar-refractivity contribution in [1.29, 1.82) is 0 Å². The maximum atomic E-state index is 11.6. The molecule has 3 nitrogen and oxygen atoms in total. The summed E-state index contributed by atoms with van der Waals surface area (Å²) in [4.78, 5) is 18.4. The lowest BCUT2D eigenvalue weighted by Crippen LogP contribution is -2.11. The summed E-state index contributed by atoms with van der Waals surface area (Å²) < 4.78 is 0. The van der Waals surface area contributed by atoms with Gasteiger partial charge in [-0.15, -0.1) is 0 Å². The van der Waals surface area contributed by atoms with Gasteiger partial charge >= 0.3 is 0 Å². The van der Waals surface area contributed by atoms with Gasteiger partial charge in [-0.05, 0) is 25.0 Å². The Morgan fingerprint density at radius 1 is 1.20 bits per heavy atom. The van der Waals surface area contributed by atoms with Crippen molar-refractivity contribution >= 4 is 0 Å². The molecule has 0 atom stereocenters. The van der Waals surface area contributed by atoms with Crippen LogP contribution < -0.4 is 5.56 Å². The van der Waals surface area contributed by atoms with Gasteiger partial charge in [-0.25, -0.2) is 4.98 Å². The SMILES string of the molecule is Cc1cccc(C)c1-c1ncc[nH]c1=O. The van der Waals surface area contributed by atoms with Crippen LogP contribution in [0.4, 0.5) is 0 Å². The second kappa shape index (κ2) is 3.69. The summed E-state index contributed by atoms with van der Waals surface area (Å²) in [5.41, 5.74) is 3.42. The van der Waals surface area contributed by atoms with Gasteiger partial charge in [0.2, 0.25) is 0 Å². The molecule has 1 heterocycles. The lowest BCUT2D eigenvalue weighted by atomic mass is 10.0. The van der Waals surface area contributed by atoms with Gasteiger partial charge in [-0.1, -0.05) is 18.2 Å². The molecule has 0 aliphatic rings. The molecular formula is C12H12N2O. The molecular weight excluding hydrogens is 188 g/mol. The molecule has 2 aromatic rings. The minimum Gasteiger partial charge on any atom is -0.326 e. The summed E-state index contributed by atoms with van der Waals surface area (Å²) in [7, 11) is 0. The van der Waals surface area contributed by atoms with E-state index in [2.05, 4.69) is 9.97 Å². The molecule has 0 radical (unpaired) electrons. The number of nitrogens with one attached hydrogen (secondary N) is 1. The predicted octanol–water partition coefficient (Wildman–Crippen LogP) is 2.05. The Balaban J connectivity index is 2.75. The molecule has 0 aliphatic carbocycles. The topological polar surface area (TPSA) is 45.8 Å². The number of benzene rings is 1. The van der Waals surface area contributed by atoms with Crippen molar-refractivity contribution in [2.75, 3.05) is 0 Å². The van der Waals surface area contributed by atoms with Crippen LogP contribution in [-0.4, -0.2) is 9.97 Å². The monoisotopic (exact) mass is 200 g/mol. The van der Waals surface area contributed by atoms with Crippen LogP contribution in [0.25, 0.3) is 11.3 Å². The first-order valence-corrected chi connectivity index (χ1v) is 4.80. The average molecular weight is 200 g/mol. The Kier molecular flexibility index (Phi) is 2.37. The van der Waals surface area contributed by atoms with Crippen LogP contribution in [0.15, 0.2) is 35.4 Å². The van der Waals surface area contributed by atoms with Crippen LogP contribution >= 0.6 is 0 Å². The third-order valence-electron chi connectivity index (χ3n) is 2.43. The first-order valence-electron chi connectivity index (χ1n) is 4.80. The highest BCUT2D eigenvalue weighted by atomic mass is 16.1. The summed E-state index contributed by atoms with van der Waals surface area (Å²) in [6.07, 6.45) is 3.14. The average Bonchev–Trinajstić information content (AvgIpc) is 2.20. The lowest BCUT2D eigenvalue weighted by molar-refractivity contribution is 1.13. The fraction of sp³-hybridized carbons (Fsp3) is 0.167. The second-order valence-electron chi connectivity index (χ2n) is 3.53. The number of aromatic amines is 1. The van der Waals surface area contributed by atoms with Gasteiger partial charge in [0.1, 0.15) is 5.69 Å². The zero-order chi connectivity index (χ0) is 10.8. The Morgan fingerprint density at radius 2 is 1.87 bits per heavy atom. The zero-order valence-corrected chi connectivity index (χ0v) is 8.74. The third kappa shape index (κ3) is 1.68. The fourth-order valence-corrected chi connectivity index (χ4v) is 1.72. The molecule has 0 saturated carbocycles.